The summed E-state index contributed by atoms with van der Waals surface area (Å²) in [7, 11) is 1.45. The maximum atomic E-state index is 12.4. The number of likely N-dealkylation sites (N-methyl/N-ethyl adjacent to an activating group) is 1. The van der Waals surface area contributed by atoms with Crippen LogP contribution in [0, 0.1) is 0 Å². The van der Waals surface area contributed by atoms with Crippen molar-refractivity contribution in [3.05, 3.63) is 24.3 Å². The van der Waals surface area contributed by atoms with E-state index in [1.54, 1.807) is 0 Å². The van der Waals surface area contributed by atoms with E-state index in [9.17, 15) is 19.0 Å². The van der Waals surface area contributed by atoms with Gasteiger partial charge < -0.3 is 18.9 Å². The summed E-state index contributed by atoms with van der Waals surface area (Å²) in [5, 5.41) is 0. The van der Waals surface area contributed by atoms with Gasteiger partial charge in [0.1, 0.15) is 19.8 Å². The summed E-state index contributed by atoms with van der Waals surface area (Å²) in [5.74, 6) is -0.882. The zero-order valence-electron chi connectivity index (χ0n) is 25.1. The van der Waals surface area contributed by atoms with E-state index < -0.39 is 32.5 Å². The molecule has 0 aliphatic carbocycles. The third-order valence-corrected chi connectivity index (χ3v) is 6.69. The van der Waals surface area contributed by atoms with E-state index in [4.69, 9.17) is 18.5 Å². The molecule has 2 unspecified atom stereocenters. The fourth-order valence-electron chi connectivity index (χ4n) is 3.36. The van der Waals surface area contributed by atoms with Crippen molar-refractivity contribution in [2.75, 3.05) is 47.5 Å². The van der Waals surface area contributed by atoms with E-state index in [-0.39, 0.29) is 26.1 Å². The molecule has 0 saturated carbocycles. The molecule has 0 aromatic carbocycles. The number of esters is 2. The van der Waals surface area contributed by atoms with Crippen molar-refractivity contribution in [1.29, 1.82) is 0 Å². The van der Waals surface area contributed by atoms with Crippen molar-refractivity contribution in [1.82, 2.24) is 0 Å². The fraction of sp³-hybridized carbons (Fsp3) is 0.793. The van der Waals surface area contributed by atoms with Gasteiger partial charge in [-0.3, -0.25) is 18.6 Å². The first-order chi connectivity index (χ1) is 18.5. The first-order valence-corrected chi connectivity index (χ1v) is 16.1. The van der Waals surface area contributed by atoms with Gasteiger partial charge in [-0.1, -0.05) is 70.3 Å². The number of hydrogen-bond donors (Lipinski definition) is 1. The molecule has 0 fully saturated rings. The van der Waals surface area contributed by atoms with E-state index >= 15 is 0 Å². The third kappa shape index (κ3) is 26.5. The number of nitrogens with zero attached hydrogens (tertiary/aromatic N) is 1. The molecular weight excluding hydrogens is 521 g/mol. The number of quaternary nitrogens is 1. The number of rotatable bonds is 25. The largest absolute Gasteiger partial charge is 0.472 e. The second kappa shape index (κ2) is 23.2. The zero-order chi connectivity index (χ0) is 29.4. The number of carbonyl (C=O) groups is 2. The number of carbonyl (C=O) groups excluding carboxylic acids is 2. The number of phosphoric acid groups is 1. The van der Waals surface area contributed by atoms with Crippen molar-refractivity contribution in [3.63, 3.8) is 0 Å². The van der Waals surface area contributed by atoms with Crippen LogP contribution in [-0.2, 0) is 32.7 Å². The molecule has 9 nitrogen and oxygen atoms in total. The van der Waals surface area contributed by atoms with Crippen LogP contribution in [0.4, 0.5) is 0 Å². The maximum Gasteiger partial charge on any atom is 0.472 e. The predicted molar refractivity (Wildman–Crippen MR) is 155 cm³/mol. The van der Waals surface area contributed by atoms with Crippen molar-refractivity contribution in [2.24, 2.45) is 0 Å². The highest BCUT2D eigenvalue weighted by atomic mass is 31.2. The van der Waals surface area contributed by atoms with Crippen molar-refractivity contribution in [3.8, 4) is 0 Å². The Kier molecular flexibility index (Phi) is 22.3. The minimum absolute atomic E-state index is 0.0278. The molecule has 0 rings (SSSR count). The van der Waals surface area contributed by atoms with Crippen LogP contribution in [0.15, 0.2) is 24.3 Å². The standard InChI is InChI=1S/C29H54NO8P/c1-6-8-9-10-11-12-13-14-15-16-17-18-19-20-22-29(32)38-27(25-35-28(31)21-7-2)26-37-39(33,34)36-24-23-30(3,4)5/h10-11,13-14,27H,6-9,12,15-26H2,1-5H3/p+1/b11-10-,14-13-. The molecule has 0 bridgehead atoms. The summed E-state index contributed by atoms with van der Waals surface area (Å²) >= 11 is 0. The Morgan fingerprint density at radius 2 is 1.44 bits per heavy atom. The highest BCUT2D eigenvalue weighted by Crippen LogP contribution is 2.43. The average Bonchev–Trinajstić information content (AvgIpc) is 2.85. The quantitative estimate of drug-likeness (QED) is 0.0431. The van der Waals surface area contributed by atoms with Gasteiger partial charge in [0, 0.05) is 12.8 Å². The predicted octanol–water partition coefficient (Wildman–Crippen LogP) is 6.50. The van der Waals surface area contributed by atoms with Gasteiger partial charge >= 0.3 is 19.8 Å². The lowest BCUT2D eigenvalue weighted by Gasteiger charge is -2.24. The summed E-state index contributed by atoms with van der Waals surface area (Å²) < 4.78 is 33.3. The Morgan fingerprint density at radius 1 is 0.795 bits per heavy atom. The summed E-state index contributed by atoms with van der Waals surface area (Å²) in [5.41, 5.74) is 0. The first-order valence-electron chi connectivity index (χ1n) is 14.6. The molecule has 0 aromatic rings. The Balaban J connectivity index is 4.30. The Bertz CT molecular complexity index is 748. The highest BCUT2D eigenvalue weighted by Gasteiger charge is 2.26. The van der Waals surface area contributed by atoms with Crippen LogP contribution in [0.2, 0.25) is 0 Å². The van der Waals surface area contributed by atoms with Crippen LogP contribution in [0.5, 0.6) is 0 Å². The van der Waals surface area contributed by atoms with Gasteiger partial charge in [0.25, 0.3) is 0 Å². The zero-order valence-corrected chi connectivity index (χ0v) is 26.0. The van der Waals surface area contributed by atoms with E-state index in [2.05, 4.69) is 31.2 Å². The molecule has 0 aromatic heterocycles. The molecule has 0 heterocycles. The molecule has 0 saturated heterocycles. The van der Waals surface area contributed by atoms with Crippen molar-refractivity contribution < 1.29 is 42.1 Å². The van der Waals surface area contributed by atoms with Crippen molar-refractivity contribution >= 4 is 19.8 Å². The summed E-state index contributed by atoms with van der Waals surface area (Å²) in [6, 6.07) is 0. The Morgan fingerprint density at radius 3 is 2.08 bits per heavy atom. The average molecular weight is 577 g/mol. The highest BCUT2D eigenvalue weighted by molar-refractivity contribution is 7.47. The molecule has 10 heteroatoms. The number of ether oxygens (including phenoxy) is 2. The lowest BCUT2D eigenvalue weighted by Crippen LogP contribution is -2.37. The van der Waals surface area contributed by atoms with E-state index in [1.165, 1.54) is 12.8 Å². The molecular formula is C29H55NO8P+. The molecule has 0 aliphatic heterocycles. The molecule has 0 radical (unpaired) electrons. The van der Waals surface area contributed by atoms with E-state index in [0.29, 0.717) is 23.9 Å². The molecule has 2 atom stereocenters. The number of allylic oxidation sites excluding steroid dienone is 4. The first kappa shape index (κ1) is 37.5. The molecule has 0 amide bonds. The van der Waals surface area contributed by atoms with Crippen LogP contribution in [0.3, 0.4) is 0 Å². The minimum atomic E-state index is -4.34. The van der Waals surface area contributed by atoms with Gasteiger partial charge in [-0.2, -0.15) is 0 Å². The van der Waals surface area contributed by atoms with Gasteiger partial charge in [-0.25, -0.2) is 4.57 Å². The van der Waals surface area contributed by atoms with Gasteiger partial charge in [0.05, 0.1) is 27.7 Å². The van der Waals surface area contributed by atoms with E-state index in [1.807, 2.05) is 28.1 Å². The number of hydrogen-bond acceptors (Lipinski definition) is 7. The van der Waals surface area contributed by atoms with Gasteiger partial charge in [-0.05, 0) is 38.5 Å². The molecule has 1 N–H and O–H groups in total. The topological polar surface area (TPSA) is 108 Å². The second-order valence-electron chi connectivity index (χ2n) is 10.8. The normalized spacial score (nSPS) is 14.5. The van der Waals surface area contributed by atoms with E-state index in [0.717, 1.165) is 44.9 Å². The smallest absolute Gasteiger partial charge is 0.462 e. The Hall–Kier alpha value is -1.51. The van der Waals surface area contributed by atoms with Crippen LogP contribution in [0.25, 0.3) is 0 Å². The maximum absolute atomic E-state index is 12.4. The van der Waals surface area contributed by atoms with Crippen LogP contribution < -0.4 is 0 Å². The SMILES string of the molecule is CCCC/C=C\C/C=C\CCCCCCCC(=O)OC(COC(=O)CCC)COP(=O)(O)OCC[N+](C)(C)C. The molecule has 0 aliphatic rings. The molecule has 228 valence electrons. The molecule has 39 heavy (non-hydrogen) atoms. The van der Waals surface area contributed by atoms with Crippen molar-refractivity contribution in [2.45, 2.75) is 103 Å². The van der Waals surface area contributed by atoms with Gasteiger partial charge in [-0.15, -0.1) is 0 Å². The number of phosphoric ester groups is 1. The van der Waals surface area contributed by atoms with Crippen LogP contribution in [0.1, 0.15) is 97.3 Å². The lowest BCUT2D eigenvalue weighted by molar-refractivity contribution is -0.870. The van der Waals surface area contributed by atoms with Gasteiger partial charge in [0.2, 0.25) is 0 Å². The van der Waals surface area contributed by atoms with Gasteiger partial charge in [0.15, 0.2) is 6.10 Å². The second-order valence-corrected chi connectivity index (χ2v) is 12.2. The monoisotopic (exact) mass is 576 g/mol. The molecule has 0 spiro atoms. The van der Waals surface area contributed by atoms with Crippen LogP contribution >= 0.6 is 7.82 Å². The third-order valence-electron chi connectivity index (χ3n) is 5.70. The minimum Gasteiger partial charge on any atom is -0.462 e. The lowest BCUT2D eigenvalue weighted by atomic mass is 10.1. The summed E-state index contributed by atoms with van der Waals surface area (Å²) in [6.07, 6.45) is 19.6. The Labute approximate surface area is 237 Å². The summed E-state index contributed by atoms with van der Waals surface area (Å²) in [6.45, 7) is 3.93. The number of unbranched alkanes of at least 4 members (excludes halogenated alkanes) is 7. The van der Waals surface area contributed by atoms with Crippen LogP contribution in [-0.4, -0.2) is 74.9 Å². The fourth-order valence-corrected chi connectivity index (χ4v) is 4.10. The summed E-state index contributed by atoms with van der Waals surface area (Å²) in [4.78, 5) is 34.0.